The van der Waals surface area contributed by atoms with Crippen LogP contribution in [0.1, 0.15) is 35.2 Å². The molecule has 0 aliphatic heterocycles. The first-order valence-corrected chi connectivity index (χ1v) is 6.89. The van der Waals surface area contributed by atoms with E-state index >= 15 is 0 Å². The highest BCUT2D eigenvalue weighted by molar-refractivity contribution is 6.00. The van der Waals surface area contributed by atoms with E-state index < -0.39 is 0 Å². The fourth-order valence-corrected chi connectivity index (χ4v) is 2.00. The maximum absolute atomic E-state index is 12.0. The number of carbonyl (C=O) groups is 1. The monoisotopic (exact) mass is 262 g/mol. The van der Waals surface area contributed by atoms with Gasteiger partial charge in [-0.15, -0.1) is 0 Å². The Kier molecular flexibility index (Phi) is 4.80. The molecule has 3 N–H and O–H groups in total. The lowest BCUT2D eigenvalue weighted by Crippen LogP contribution is -2.27. The van der Waals surface area contributed by atoms with Crippen molar-refractivity contribution in [3.8, 4) is 0 Å². The molecule has 4 heteroatoms. The predicted octanol–water partition coefficient (Wildman–Crippen LogP) is 2.12. The minimum Gasteiger partial charge on any atom is -0.398 e. The summed E-state index contributed by atoms with van der Waals surface area (Å²) >= 11 is 0. The van der Waals surface area contributed by atoms with Crippen molar-refractivity contribution in [3.05, 3.63) is 29.3 Å². The predicted molar refractivity (Wildman–Crippen MR) is 76.1 cm³/mol. The maximum Gasteiger partial charge on any atom is 0.253 e. The molecule has 104 valence electrons. The number of nitrogens with two attached hydrogens (primary N) is 1. The van der Waals surface area contributed by atoms with E-state index in [0.29, 0.717) is 24.4 Å². The molecule has 0 radical (unpaired) electrons. The number of nitrogen functional groups attached to an aromatic ring is 1. The van der Waals surface area contributed by atoms with Crippen LogP contribution in [0.3, 0.4) is 0 Å². The van der Waals surface area contributed by atoms with Crippen LogP contribution >= 0.6 is 0 Å². The van der Waals surface area contributed by atoms with Crippen LogP contribution in [-0.4, -0.2) is 25.7 Å². The molecular formula is C15H22N2O2. The van der Waals surface area contributed by atoms with Crippen LogP contribution in [-0.2, 0) is 4.74 Å². The number of hydrogen-bond acceptors (Lipinski definition) is 3. The number of aryl methyl sites for hydroxylation is 1. The topological polar surface area (TPSA) is 64.4 Å². The number of benzene rings is 1. The summed E-state index contributed by atoms with van der Waals surface area (Å²) in [6, 6.07) is 5.50. The molecule has 0 unspecified atom stereocenters. The van der Waals surface area contributed by atoms with Gasteiger partial charge >= 0.3 is 0 Å². The van der Waals surface area contributed by atoms with Gasteiger partial charge in [-0.1, -0.05) is 12.1 Å². The second-order valence-electron chi connectivity index (χ2n) is 5.17. The van der Waals surface area contributed by atoms with Gasteiger partial charge in [-0.2, -0.15) is 0 Å². The van der Waals surface area contributed by atoms with Crippen LogP contribution in [0.25, 0.3) is 0 Å². The lowest BCUT2D eigenvalue weighted by molar-refractivity contribution is 0.0937. The summed E-state index contributed by atoms with van der Waals surface area (Å²) in [5.41, 5.74) is 7.85. The molecule has 4 nitrogen and oxygen atoms in total. The Labute approximate surface area is 114 Å². The zero-order valence-electron chi connectivity index (χ0n) is 11.4. The third kappa shape index (κ3) is 4.24. The van der Waals surface area contributed by atoms with Crippen LogP contribution in [0, 0.1) is 12.8 Å². The van der Waals surface area contributed by atoms with Crippen molar-refractivity contribution >= 4 is 11.6 Å². The normalized spacial score (nSPS) is 14.4. The number of ether oxygens (including phenoxy) is 1. The van der Waals surface area contributed by atoms with E-state index in [4.69, 9.17) is 10.5 Å². The van der Waals surface area contributed by atoms with Gasteiger partial charge in [0.1, 0.15) is 0 Å². The third-order valence-corrected chi connectivity index (χ3v) is 3.33. The van der Waals surface area contributed by atoms with E-state index in [0.717, 1.165) is 24.5 Å². The van der Waals surface area contributed by atoms with Crippen molar-refractivity contribution in [1.29, 1.82) is 0 Å². The Morgan fingerprint density at radius 3 is 2.95 bits per heavy atom. The van der Waals surface area contributed by atoms with Crippen molar-refractivity contribution in [2.24, 2.45) is 5.92 Å². The van der Waals surface area contributed by atoms with E-state index in [1.54, 1.807) is 6.07 Å². The fourth-order valence-electron chi connectivity index (χ4n) is 2.00. The summed E-state index contributed by atoms with van der Waals surface area (Å²) < 4.78 is 5.52. The highest BCUT2D eigenvalue weighted by Crippen LogP contribution is 2.28. The van der Waals surface area contributed by atoms with Crippen LogP contribution < -0.4 is 11.1 Å². The molecule has 1 aliphatic carbocycles. The van der Waals surface area contributed by atoms with Crippen LogP contribution in [0.15, 0.2) is 18.2 Å². The molecule has 0 atom stereocenters. The van der Waals surface area contributed by atoms with Gasteiger partial charge in [0.2, 0.25) is 0 Å². The van der Waals surface area contributed by atoms with Gasteiger partial charge in [-0.3, -0.25) is 4.79 Å². The Bertz CT molecular complexity index is 422. The molecule has 0 saturated heterocycles. The Morgan fingerprint density at radius 1 is 1.47 bits per heavy atom. The van der Waals surface area contributed by atoms with E-state index in [2.05, 4.69) is 5.32 Å². The smallest absolute Gasteiger partial charge is 0.253 e. The minimum absolute atomic E-state index is 0.0993. The van der Waals surface area contributed by atoms with Gasteiger partial charge in [-0.25, -0.2) is 0 Å². The summed E-state index contributed by atoms with van der Waals surface area (Å²) in [7, 11) is 0. The molecule has 1 aromatic rings. The van der Waals surface area contributed by atoms with Gasteiger partial charge in [0.05, 0.1) is 5.56 Å². The van der Waals surface area contributed by atoms with Crippen molar-refractivity contribution in [1.82, 2.24) is 5.32 Å². The molecule has 2 rings (SSSR count). The second-order valence-corrected chi connectivity index (χ2v) is 5.17. The molecule has 1 fully saturated rings. The SMILES string of the molecule is Cc1cccc(N)c1C(=O)NCCCOCC1CC1. The lowest BCUT2D eigenvalue weighted by Gasteiger charge is -2.10. The first-order chi connectivity index (χ1) is 9.18. The summed E-state index contributed by atoms with van der Waals surface area (Å²) in [6.45, 7) is 4.10. The summed E-state index contributed by atoms with van der Waals surface area (Å²) in [6.07, 6.45) is 3.46. The maximum atomic E-state index is 12.0. The highest BCUT2D eigenvalue weighted by atomic mass is 16.5. The molecule has 1 aliphatic rings. The van der Waals surface area contributed by atoms with Crippen LogP contribution in [0.5, 0.6) is 0 Å². The number of carbonyl (C=O) groups excluding carboxylic acids is 1. The molecule has 1 amide bonds. The Hall–Kier alpha value is -1.55. The number of anilines is 1. The van der Waals surface area contributed by atoms with E-state index in [1.807, 2.05) is 19.1 Å². The lowest BCUT2D eigenvalue weighted by atomic mass is 10.1. The van der Waals surface area contributed by atoms with Crippen LogP contribution in [0.4, 0.5) is 5.69 Å². The van der Waals surface area contributed by atoms with Crippen molar-refractivity contribution in [3.63, 3.8) is 0 Å². The molecule has 0 bridgehead atoms. The quantitative estimate of drug-likeness (QED) is 0.584. The average Bonchev–Trinajstić information content (AvgIpc) is 3.17. The largest absolute Gasteiger partial charge is 0.398 e. The van der Waals surface area contributed by atoms with Gasteiger partial charge in [0, 0.05) is 25.4 Å². The molecule has 1 aromatic carbocycles. The molecule has 0 spiro atoms. The van der Waals surface area contributed by atoms with Crippen LogP contribution in [0.2, 0.25) is 0 Å². The summed E-state index contributed by atoms with van der Waals surface area (Å²) in [5.74, 6) is 0.694. The number of rotatable bonds is 7. The molecule has 1 saturated carbocycles. The Morgan fingerprint density at radius 2 is 2.26 bits per heavy atom. The Balaban J connectivity index is 1.68. The van der Waals surface area contributed by atoms with E-state index in [9.17, 15) is 4.79 Å². The van der Waals surface area contributed by atoms with Crippen molar-refractivity contribution < 1.29 is 9.53 Å². The summed E-state index contributed by atoms with van der Waals surface area (Å²) in [5, 5.41) is 2.89. The van der Waals surface area contributed by atoms with E-state index in [-0.39, 0.29) is 5.91 Å². The first-order valence-electron chi connectivity index (χ1n) is 6.89. The molecule has 19 heavy (non-hydrogen) atoms. The highest BCUT2D eigenvalue weighted by Gasteiger charge is 2.20. The second kappa shape index (κ2) is 6.57. The standard InChI is InChI=1S/C15H22N2O2/c1-11-4-2-5-13(16)14(11)15(18)17-8-3-9-19-10-12-6-7-12/h2,4-5,12H,3,6-10,16H2,1H3,(H,17,18). The average molecular weight is 262 g/mol. The fraction of sp³-hybridized carbons (Fsp3) is 0.533. The number of hydrogen-bond donors (Lipinski definition) is 2. The molecular weight excluding hydrogens is 240 g/mol. The van der Waals surface area contributed by atoms with Gasteiger partial charge in [-0.05, 0) is 43.7 Å². The van der Waals surface area contributed by atoms with Gasteiger partial charge in [0.25, 0.3) is 5.91 Å². The van der Waals surface area contributed by atoms with Crippen molar-refractivity contribution in [2.45, 2.75) is 26.2 Å². The molecule has 0 aromatic heterocycles. The number of nitrogens with one attached hydrogen (secondary N) is 1. The van der Waals surface area contributed by atoms with E-state index in [1.165, 1.54) is 12.8 Å². The van der Waals surface area contributed by atoms with Crippen molar-refractivity contribution in [2.75, 3.05) is 25.5 Å². The van der Waals surface area contributed by atoms with Gasteiger partial charge in [0.15, 0.2) is 0 Å². The number of amides is 1. The first kappa shape index (κ1) is 13.9. The third-order valence-electron chi connectivity index (χ3n) is 3.33. The van der Waals surface area contributed by atoms with Gasteiger partial charge < -0.3 is 15.8 Å². The summed E-state index contributed by atoms with van der Waals surface area (Å²) in [4.78, 5) is 12.0. The molecule has 0 heterocycles. The minimum atomic E-state index is -0.0993. The zero-order valence-corrected chi connectivity index (χ0v) is 11.4. The zero-order chi connectivity index (χ0) is 13.7.